The van der Waals surface area contributed by atoms with Gasteiger partial charge in [0.25, 0.3) is 0 Å². The van der Waals surface area contributed by atoms with Gasteiger partial charge < -0.3 is 4.74 Å². The van der Waals surface area contributed by atoms with Gasteiger partial charge in [0.1, 0.15) is 5.75 Å². The third-order valence-electron chi connectivity index (χ3n) is 9.10. The molecule has 0 unspecified atom stereocenters. The van der Waals surface area contributed by atoms with Crippen LogP contribution in [0.5, 0.6) is 5.75 Å². The molecule has 0 aliphatic heterocycles. The van der Waals surface area contributed by atoms with Gasteiger partial charge in [-0.2, -0.15) is 13.2 Å². The molecule has 0 radical (unpaired) electrons. The number of benzene rings is 2. The summed E-state index contributed by atoms with van der Waals surface area (Å²) in [6.07, 6.45) is 2.79. The Morgan fingerprint density at radius 1 is 1.06 bits per heavy atom. The van der Waals surface area contributed by atoms with Gasteiger partial charge in [0.2, 0.25) is 0 Å². The Balaban J connectivity index is 1.34. The van der Waals surface area contributed by atoms with E-state index in [4.69, 9.17) is 4.74 Å². The van der Waals surface area contributed by atoms with Crippen molar-refractivity contribution in [2.45, 2.75) is 70.1 Å². The second-order valence-corrected chi connectivity index (χ2v) is 10.7. The Labute approximate surface area is 195 Å². The number of nitrogens with zero attached hydrogens (tertiary/aromatic N) is 1. The fourth-order valence-corrected chi connectivity index (χ4v) is 7.63. The highest BCUT2D eigenvalue weighted by Gasteiger charge is 2.55. The molecule has 0 saturated heterocycles. The van der Waals surface area contributed by atoms with Crippen LogP contribution in [0.15, 0.2) is 42.5 Å². The molecule has 5 rings (SSSR count). The van der Waals surface area contributed by atoms with E-state index in [9.17, 15) is 13.2 Å². The van der Waals surface area contributed by atoms with Gasteiger partial charge >= 0.3 is 6.18 Å². The number of rotatable bonds is 4. The fourth-order valence-electron chi connectivity index (χ4n) is 7.63. The van der Waals surface area contributed by atoms with Crippen LogP contribution in [0, 0.1) is 17.3 Å². The van der Waals surface area contributed by atoms with Gasteiger partial charge in [0.05, 0.1) is 12.7 Å². The summed E-state index contributed by atoms with van der Waals surface area (Å²) in [4.78, 5) is 2.33. The molecule has 5 heteroatoms. The fraction of sp³-hybridized carbons (Fsp3) is 0.571. The summed E-state index contributed by atoms with van der Waals surface area (Å²) < 4.78 is 45.0. The van der Waals surface area contributed by atoms with Crippen LogP contribution in [0.2, 0.25) is 0 Å². The zero-order valence-corrected chi connectivity index (χ0v) is 19.8. The van der Waals surface area contributed by atoms with Crippen molar-refractivity contribution < 1.29 is 17.9 Å². The van der Waals surface area contributed by atoms with E-state index in [1.165, 1.54) is 48.9 Å². The Hall–Kier alpha value is -2.01. The second-order valence-electron chi connectivity index (χ2n) is 10.7. The minimum Gasteiger partial charge on any atom is -0.497 e. The van der Waals surface area contributed by atoms with Crippen molar-refractivity contribution in [3.05, 3.63) is 64.7 Å². The molecule has 178 valence electrons. The summed E-state index contributed by atoms with van der Waals surface area (Å²) in [5.74, 6) is 2.97. The van der Waals surface area contributed by atoms with E-state index >= 15 is 0 Å². The molecule has 0 aromatic heterocycles. The molecule has 3 aliphatic rings. The summed E-state index contributed by atoms with van der Waals surface area (Å²) in [7, 11) is 3.83. The third-order valence-corrected chi connectivity index (χ3v) is 9.10. The highest BCUT2D eigenvalue weighted by atomic mass is 19.4. The first-order valence-electron chi connectivity index (χ1n) is 12.2. The maximum absolute atomic E-state index is 13.2. The molecular formula is C28H34F3NO. The van der Waals surface area contributed by atoms with Gasteiger partial charge in [-0.15, -0.1) is 0 Å². The van der Waals surface area contributed by atoms with Crippen LogP contribution < -0.4 is 4.74 Å². The number of methoxy groups -OCH3 is 1. The molecule has 2 nitrogen and oxygen atoms in total. The van der Waals surface area contributed by atoms with Gasteiger partial charge in [0.15, 0.2) is 0 Å². The van der Waals surface area contributed by atoms with Crippen LogP contribution in [0.3, 0.4) is 0 Å². The first kappa shape index (κ1) is 22.8. The maximum atomic E-state index is 13.2. The van der Waals surface area contributed by atoms with E-state index in [1.807, 2.05) is 6.07 Å². The topological polar surface area (TPSA) is 12.5 Å². The van der Waals surface area contributed by atoms with E-state index in [0.717, 1.165) is 30.2 Å². The van der Waals surface area contributed by atoms with Crippen molar-refractivity contribution in [3.63, 3.8) is 0 Å². The standard InChI is InChI=1S/C28H34F3NO/c1-27-14-13-23-22-10-8-21(33-3)16-19(22)7-9-24(23)25(27)11-12-26(27)32(2)17-18-5-4-6-20(15-18)28(29,30)31/h4-6,8,10,15-16,23-26H,7,9,11-14,17H2,1-3H3/t23-,24-,25+,26+,27+/m1/s1. The van der Waals surface area contributed by atoms with E-state index in [2.05, 4.69) is 37.1 Å². The zero-order chi connectivity index (χ0) is 23.4. The van der Waals surface area contributed by atoms with E-state index in [0.29, 0.717) is 30.3 Å². The van der Waals surface area contributed by atoms with Crippen LogP contribution in [0.4, 0.5) is 13.2 Å². The Bertz CT molecular complexity index is 1020. The van der Waals surface area contributed by atoms with Gasteiger partial charge in [-0.3, -0.25) is 4.90 Å². The predicted molar refractivity (Wildman–Crippen MR) is 124 cm³/mol. The molecule has 0 heterocycles. The SMILES string of the molecule is COc1ccc2c(c1)CC[C@@H]1[C@@H]2CC[C@]2(C)[C@@H](N(C)Cc3cccc(C(F)(F)F)c3)CC[C@@H]12. The number of ether oxygens (including phenoxy) is 1. The van der Waals surface area contributed by atoms with Crippen LogP contribution in [-0.4, -0.2) is 25.1 Å². The molecule has 2 aromatic rings. The molecule has 0 bridgehead atoms. The first-order valence-corrected chi connectivity index (χ1v) is 12.2. The van der Waals surface area contributed by atoms with Gasteiger partial charge in [-0.05, 0) is 104 Å². The summed E-state index contributed by atoms with van der Waals surface area (Å²) >= 11 is 0. The molecule has 3 aliphatic carbocycles. The minimum atomic E-state index is -4.29. The molecule has 0 amide bonds. The average Bonchev–Trinajstić information content (AvgIpc) is 3.15. The molecule has 2 fully saturated rings. The predicted octanol–water partition coefficient (Wildman–Crippen LogP) is 7.07. The summed E-state index contributed by atoms with van der Waals surface area (Å²) in [6.45, 7) is 3.02. The van der Waals surface area contributed by atoms with Crippen molar-refractivity contribution in [1.82, 2.24) is 4.90 Å². The minimum absolute atomic E-state index is 0.224. The zero-order valence-electron chi connectivity index (χ0n) is 19.8. The monoisotopic (exact) mass is 457 g/mol. The summed E-state index contributed by atoms with van der Waals surface area (Å²) in [5, 5.41) is 0. The number of aryl methyl sites for hydroxylation is 1. The van der Waals surface area contributed by atoms with Gasteiger partial charge in [0, 0.05) is 12.6 Å². The normalized spacial score (nSPS) is 31.1. The lowest BCUT2D eigenvalue weighted by atomic mass is 9.55. The van der Waals surface area contributed by atoms with E-state index < -0.39 is 11.7 Å². The lowest BCUT2D eigenvalue weighted by Gasteiger charge is -2.52. The maximum Gasteiger partial charge on any atom is 0.416 e. The van der Waals surface area contributed by atoms with Crippen LogP contribution >= 0.6 is 0 Å². The Kier molecular flexibility index (Phi) is 5.75. The highest BCUT2D eigenvalue weighted by molar-refractivity contribution is 5.40. The molecule has 0 N–H and O–H groups in total. The number of alkyl halides is 3. The lowest BCUT2D eigenvalue weighted by Crippen LogP contribution is -2.49. The van der Waals surface area contributed by atoms with Crippen LogP contribution in [-0.2, 0) is 19.1 Å². The van der Waals surface area contributed by atoms with Crippen molar-refractivity contribution in [3.8, 4) is 5.75 Å². The number of hydrogen-bond donors (Lipinski definition) is 0. The highest BCUT2D eigenvalue weighted by Crippen LogP contribution is 2.61. The first-order chi connectivity index (χ1) is 15.7. The number of halogens is 3. The molecule has 33 heavy (non-hydrogen) atoms. The van der Waals surface area contributed by atoms with Gasteiger partial charge in [-0.1, -0.05) is 31.2 Å². The van der Waals surface area contributed by atoms with Crippen molar-refractivity contribution in [2.24, 2.45) is 17.3 Å². The molecule has 2 aromatic carbocycles. The number of hydrogen-bond acceptors (Lipinski definition) is 2. The molecular weight excluding hydrogens is 423 g/mol. The van der Waals surface area contributed by atoms with Crippen molar-refractivity contribution in [1.29, 1.82) is 0 Å². The average molecular weight is 458 g/mol. The Morgan fingerprint density at radius 2 is 1.88 bits per heavy atom. The summed E-state index contributed by atoms with van der Waals surface area (Å²) in [6, 6.07) is 12.9. The second kappa shape index (κ2) is 8.33. The smallest absolute Gasteiger partial charge is 0.416 e. The quantitative estimate of drug-likeness (QED) is 0.487. The largest absolute Gasteiger partial charge is 0.497 e. The Morgan fingerprint density at radius 3 is 2.64 bits per heavy atom. The van der Waals surface area contributed by atoms with Crippen LogP contribution in [0.1, 0.15) is 67.2 Å². The molecule has 0 spiro atoms. The van der Waals surface area contributed by atoms with Crippen molar-refractivity contribution in [2.75, 3.05) is 14.2 Å². The molecule has 2 saturated carbocycles. The lowest BCUT2D eigenvalue weighted by molar-refractivity contribution is -0.137. The van der Waals surface area contributed by atoms with Crippen LogP contribution in [0.25, 0.3) is 0 Å². The number of fused-ring (bicyclic) bond motifs is 5. The molecule has 5 atom stereocenters. The summed E-state index contributed by atoms with van der Waals surface area (Å²) in [5.41, 5.74) is 3.39. The van der Waals surface area contributed by atoms with Gasteiger partial charge in [-0.25, -0.2) is 0 Å². The van der Waals surface area contributed by atoms with Crippen molar-refractivity contribution >= 4 is 0 Å². The third kappa shape index (κ3) is 3.96. The van der Waals surface area contributed by atoms with E-state index in [-0.39, 0.29) is 5.41 Å². The van der Waals surface area contributed by atoms with E-state index in [1.54, 1.807) is 7.11 Å².